The third kappa shape index (κ3) is 2.53. The zero-order valence-electron chi connectivity index (χ0n) is 8.57. The van der Waals surface area contributed by atoms with Gasteiger partial charge in [-0.25, -0.2) is 0 Å². The molecule has 1 atom stereocenters. The van der Waals surface area contributed by atoms with Gasteiger partial charge in [0, 0.05) is 19.3 Å². The van der Waals surface area contributed by atoms with E-state index in [0.29, 0.717) is 17.9 Å². The van der Waals surface area contributed by atoms with Gasteiger partial charge >= 0.3 is 0 Å². The van der Waals surface area contributed by atoms with Crippen LogP contribution in [0.2, 0.25) is 0 Å². The fraction of sp³-hybridized carbons (Fsp3) is 0.400. The van der Waals surface area contributed by atoms with Crippen molar-refractivity contribution < 1.29 is 5.11 Å². The number of nitrogens with two attached hydrogens (primary N) is 2. The number of rotatable bonds is 3. The van der Waals surface area contributed by atoms with E-state index in [1.165, 1.54) is 0 Å². The lowest BCUT2D eigenvalue weighted by Gasteiger charge is -2.21. The number of benzene rings is 1. The van der Waals surface area contributed by atoms with Crippen molar-refractivity contribution in [3.8, 4) is 0 Å². The molecule has 0 saturated heterocycles. The Balaban J connectivity index is 2.80. The molecule has 5 N–H and O–H groups in total. The molecule has 1 aromatic rings. The summed E-state index contributed by atoms with van der Waals surface area (Å²) < 4.78 is 0. The van der Waals surface area contributed by atoms with Gasteiger partial charge in [-0.2, -0.15) is 0 Å². The Labute approximate surface area is 84.1 Å². The molecular weight excluding hydrogens is 178 g/mol. The maximum absolute atomic E-state index is 9.21. The minimum absolute atomic E-state index is 0.362. The van der Waals surface area contributed by atoms with Crippen LogP contribution in [-0.2, 0) is 0 Å². The summed E-state index contributed by atoms with van der Waals surface area (Å²) in [5.74, 6) is 0. The van der Waals surface area contributed by atoms with Crippen molar-refractivity contribution in [2.24, 2.45) is 0 Å². The number of aliphatic hydroxyl groups is 1. The van der Waals surface area contributed by atoms with Gasteiger partial charge in [-0.1, -0.05) is 0 Å². The first kappa shape index (κ1) is 10.7. The average Bonchev–Trinajstić information content (AvgIpc) is 2.08. The number of nitrogens with zero attached hydrogens (tertiary/aromatic N) is 1. The fourth-order valence-corrected chi connectivity index (χ4v) is 1.30. The van der Waals surface area contributed by atoms with Crippen LogP contribution in [0.4, 0.5) is 17.1 Å². The van der Waals surface area contributed by atoms with Gasteiger partial charge < -0.3 is 21.5 Å². The Morgan fingerprint density at radius 3 is 2.50 bits per heavy atom. The average molecular weight is 195 g/mol. The van der Waals surface area contributed by atoms with Crippen LogP contribution in [0.15, 0.2) is 18.2 Å². The van der Waals surface area contributed by atoms with Crippen molar-refractivity contribution in [1.29, 1.82) is 0 Å². The van der Waals surface area contributed by atoms with Gasteiger partial charge in [0.05, 0.1) is 17.5 Å². The first-order valence-electron chi connectivity index (χ1n) is 4.55. The highest BCUT2D eigenvalue weighted by Crippen LogP contribution is 2.22. The summed E-state index contributed by atoms with van der Waals surface area (Å²) in [7, 11) is 1.90. The van der Waals surface area contributed by atoms with E-state index >= 15 is 0 Å². The summed E-state index contributed by atoms with van der Waals surface area (Å²) in [6, 6.07) is 5.45. The molecule has 1 rings (SSSR count). The van der Waals surface area contributed by atoms with Crippen molar-refractivity contribution in [2.45, 2.75) is 13.0 Å². The van der Waals surface area contributed by atoms with E-state index in [4.69, 9.17) is 11.5 Å². The molecule has 0 amide bonds. The topological polar surface area (TPSA) is 75.5 Å². The number of nitrogen functional groups attached to an aromatic ring is 2. The molecule has 1 unspecified atom stereocenters. The summed E-state index contributed by atoms with van der Waals surface area (Å²) in [6.45, 7) is 2.32. The highest BCUT2D eigenvalue weighted by atomic mass is 16.3. The predicted molar refractivity (Wildman–Crippen MR) is 60.2 cm³/mol. The van der Waals surface area contributed by atoms with Crippen LogP contribution in [0.1, 0.15) is 6.92 Å². The Kier molecular flexibility index (Phi) is 3.19. The molecule has 4 nitrogen and oxygen atoms in total. The summed E-state index contributed by atoms with van der Waals surface area (Å²) in [5, 5.41) is 9.21. The lowest BCUT2D eigenvalue weighted by atomic mass is 10.2. The normalized spacial score (nSPS) is 12.5. The number of hydrogen-bond donors (Lipinski definition) is 3. The third-order valence-electron chi connectivity index (χ3n) is 2.05. The minimum atomic E-state index is -0.362. The molecule has 0 saturated carbocycles. The Morgan fingerprint density at radius 1 is 1.36 bits per heavy atom. The van der Waals surface area contributed by atoms with E-state index in [-0.39, 0.29) is 6.10 Å². The van der Waals surface area contributed by atoms with Gasteiger partial charge in [-0.15, -0.1) is 0 Å². The van der Waals surface area contributed by atoms with E-state index in [2.05, 4.69) is 0 Å². The molecule has 4 heteroatoms. The van der Waals surface area contributed by atoms with Gasteiger partial charge in [-0.3, -0.25) is 0 Å². The van der Waals surface area contributed by atoms with Gasteiger partial charge in [0.25, 0.3) is 0 Å². The van der Waals surface area contributed by atoms with Crippen molar-refractivity contribution in [1.82, 2.24) is 0 Å². The molecule has 0 spiro atoms. The molecular formula is C10H17N3O. The second-order valence-electron chi connectivity index (χ2n) is 3.54. The molecule has 0 aromatic heterocycles. The number of aliphatic hydroxyl groups excluding tert-OH is 1. The molecule has 0 aliphatic rings. The molecule has 1 aromatic carbocycles. The Morgan fingerprint density at radius 2 is 2.00 bits per heavy atom. The summed E-state index contributed by atoms with van der Waals surface area (Å²) in [6.07, 6.45) is -0.362. The molecule has 0 bridgehead atoms. The smallest absolute Gasteiger partial charge is 0.0686 e. The van der Waals surface area contributed by atoms with Crippen LogP contribution in [0.5, 0.6) is 0 Å². The van der Waals surface area contributed by atoms with Gasteiger partial charge in [0.15, 0.2) is 0 Å². The minimum Gasteiger partial charge on any atom is -0.397 e. The first-order chi connectivity index (χ1) is 6.50. The van der Waals surface area contributed by atoms with Crippen molar-refractivity contribution in [3.63, 3.8) is 0 Å². The largest absolute Gasteiger partial charge is 0.397 e. The quantitative estimate of drug-likeness (QED) is 0.620. The van der Waals surface area contributed by atoms with E-state index in [0.717, 1.165) is 5.69 Å². The molecule has 0 heterocycles. The van der Waals surface area contributed by atoms with Gasteiger partial charge in [-0.05, 0) is 25.1 Å². The zero-order chi connectivity index (χ0) is 10.7. The summed E-state index contributed by atoms with van der Waals surface area (Å²) in [5.41, 5.74) is 13.4. The number of anilines is 3. The summed E-state index contributed by atoms with van der Waals surface area (Å²) in [4.78, 5) is 1.93. The van der Waals surface area contributed by atoms with Crippen LogP contribution in [0.3, 0.4) is 0 Å². The van der Waals surface area contributed by atoms with Crippen molar-refractivity contribution >= 4 is 17.1 Å². The van der Waals surface area contributed by atoms with Crippen LogP contribution in [0.25, 0.3) is 0 Å². The maximum atomic E-state index is 9.21. The summed E-state index contributed by atoms with van der Waals surface area (Å²) >= 11 is 0. The highest BCUT2D eigenvalue weighted by molar-refractivity contribution is 5.69. The third-order valence-corrected chi connectivity index (χ3v) is 2.05. The number of hydrogen-bond acceptors (Lipinski definition) is 4. The fourth-order valence-electron chi connectivity index (χ4n) is 1.30. The predicted octanol–water partition coefficient (Wildman–Crippen LogP) is 0.668. The van der Waals surface area contributed by atoms with Crippen LogP contribution >= 0.6 is 0 Å². The van der Waals surface area contributed by atoms with Crippen LogP contribution in [-0.4, -0.2) is 24.8 Å². The zero-order valence-corrected chi connectivity index (χ0v) is 8.57. The van der Waals surface area contributed by atoms with E-state index in [9.17, 15) is 5.11 Å². The van der Waals surface area contributed by atoms with Gasteiger partial charge in [0.1, 0.15) is 0 Å². The second-order valence-corrected chi connectivity index (χ2v) is 3.54. The maximum Gasteiger partial charge on any atom is 0.0686 e. The Bertz CT molecular complexity index is 312. The number of likely N-dealkylation sites (N-methyl/N-ethyl adjacent to an activating group) is 1. The van der Waals surface area contributed by atoms with Gasteiger partial charge in [0.2, 0.25) is 0 Å². The van der Waals surface area contributed by atoms with Crippen LogP contribution in [0, 0.1) is 0 Å². The molecule has 14 heavy (non-hydrogen) atoms. The van der Waals surface area contributed by atoms with Crippen molar-refractivity contribution in [2.75, 3.05) is 30.0 Å². The molecule has 78 valence electrons. The highest BCUT2D eigenvalue weighted by Gasteiger charge is 2.05. The standard InChI is InChI=1S/C10H17N3O/c1-7(14)6-13(2)8-3-4-9(11)10(12)5-8/h3-5,7,14H,6,11-12H2,1-2H3. The molecule has 0 fully saturated rings. The van der Waals surface area contributed by atoms with Crippen molar-refractivity contribution in [3.05, 3.63) is 18.2 Å². The van der Waals surface area contributed by atoms with E-state index < -0.39 is 0 Å². The molecule has 0 aliphatic heterocycles. The lowest BCUT2D eigenvalue weighted by molar-refractivity contribution is 0.201. The molecule has 0 radical (unpaired) electrons. The molecule has 0 aliphatic carbocycles. The monoisotopic (exact) mass is 195 g/mol. The first-order valence-corrected chi connectivity index (χ1v) is 4.55. The second kappa shape index (κ2) is 4.19. The SMILES string of the molecule is CC(O)CN(C)c1ccc(N)c(N)c1. The Hall–Kier alpha value is -1.42. The van der Waals surface area contributed by atoms with E-state index in [1.54, 1.807) is 19.1 Å². The lowest BCUT2D eigenvalue weighted by Crippen LogP contribution is -2.26. The van der Waals surface area contributed by atoms with E-state index in [1.807, 2.05) is 18.0 Å². The van der Waals surface area contributed by atoms with Crippen LogP contribution < -0.4 is 16.4 Å².